The number of benzene rings is 1. The van der Waals surface area contributed by atoms with Crippen LogP contribution >= 0.6 is 22.9 Å². The molecule has 0 saturated carbocycles. The highest BCUT2D eigenvalue weighted by atomic mass is 35.5. The van der Waals surface area contributed by atoms with Crippen molar-refractivity contribution in [1.82, 2.24) is 9.80 Å². The molecule has 2 heterocycles. The molecule has 1 aliphatic heterocycles. The van der Waals surface area contributed by atoms with Crippen LogP contribution in [0.25, 0.3) is 0 Å². The van der Waals surface area contributed by atoms with Crippen molar-refractivity contribution >= 4 is 34.6 Å². The first kappa shape index (κ1) is 16.2. The van der Waals surface area contributed by atoms with Crippen LogP contribution in [-0.2, 0) is 0 Å². The van der Waals surface area contributed by atoms with Gasteiger partial charge in [0.2, 0.25) is 0 Å². The van der Waals surface area contributed by atoms with Gasteiger partial charge in [-0.15, -0.1) is 11.3 Å². The van der Waals surface area contributed by atoms with E-state index in [9.17, 15) is 9.59 Å². The summed E-state index contributed by atoms with van der Waals surface area (Å²) in [5.41, 5.74) is 0.539. The lowest BCUT2D eigenvalue weighted by atomic mass is 10.1. The standard InChI is InChI=1S/C17H17ClN2O2S/c18-14-5-2-1-4-13(14)17(22)20-9-7-19(8-10-20)12-15(21)16-6-3-11-23-16/h1-6,11H,7-10,12H2. The molecule has 1 aromatic carbocycles. The van der Waals surface area contributed by atoms with Gasteiger partial charge in [0.1, 0.15) is 0 Å². The Kier molecular flexibility index (Phi) is 5.10. The van der Waals surface area contributed by atoms with Crippen molar-refractivity contribution in [3.8, 4) is 0 Å². The van der Waals surface area contributed by atoms with Crippen molar-refractivity contribution in [2.45, 2.75) is 0 Å². The van der Waals surface area contributed by atoms with Gasteiger partial charge in [-0.25, -0.2) is 0 Å². The molecule has 3 rings (SSSR count). The summed E-state index contributed by atoms with van der Waals surface area (Å²) in [6.45, 7) is 3.04. The van der Waals surface area contributed by atoms with E-state index >= 15 is 0 Å². The molecule has 4 nitrogen and oxygen atoms in total. The number of rotatable bonds is 4. The van der Waals surface area contributed by atoms with E-state index in [2.05, 4.69) is 4.90 Å². The zero-order valence-electron chi connectivity index (χ0n) is 12.6. The Bertz CT molecular complexity index is 694. The lowest BCUT2D eigenvalue weighted by molar-refractivity contribution is 0.0625. The summed E-state index contributed by atoms with van der Waals surface area (Å²) in [6.07, 6.45) is 0. The van der Waals surface area contributed by atoms with E-state index in [0.717, 1.165) is 4.88 Å². The Balaban J connectivity index is 1.55. The quantitative estimate of drug-likeness (QED) is 0.797. The first-order valence-electron chi connectivity index (χ1n) is 7.48. The van der Waals surface area contributed by atoms with Crippen LogP contribution in [0.4, 0.5) is 0 Å². The van der Waals surface area contributed by atoms with Crippen LogP contribution in [-0.4, -0.2) is 54.2 Å². The summed E-state index contributed by atoms with van der Waals surface area (Å²) < 4.78 is 0. The largest absolute Gasteiger partial charge is 0.336 e. The van der Waals surface area contributed by atoms with E-state index in [1.54, 1.807) is 17.0 Å². The second-order valence-corrected chi connectivity index (χ2v) is 6.80. The molecule has 0 unspecified atom stereocenters. The van der Waals surface area contributed by atoms with Gasteiger partial charge in [0.05, 0.1) is 22.0 Å². The second kappa shape index (κ2) is 7.25. The number of carbonyl (C=O) groups is 2. The second-order valence-electron chi connectivity index (χ2n) is 5.45. The molecule has 1 aromatic heterocycles. The third-order valence-electron chi connectivity index (χ3n) is 3.93. The molecule has 0 bridgehead atoms. The average molecular weight is 349 g/mol. The molecule has 0 radical (unpaired) electrons. The molecule has 0 N–H and O–H groups in total. The van der Waals surface area contributed by atoms with Gasteiger partial charge in [-0.05, 0) is 23.6 Å². The lowest BCUT2D eigenvalue weighted by Gasteiger charge is -2.34. The molecule has 0 atom stereocenters. The van der Waals surface area contributed by atoms with E-state index in [4.69, 9.17) is 11.6 Å². The zero-order valence-corrected chi connectivity index (χ0v) is 14.1. The minimum Gasteiger partial charge on any atom is -0.336 e. The third-order valence-corrected chi connectivity index (χ3v) is 5.17. The summed E-state index contributed by atoms with van der Waals surface area (Å²) in [6, 6.07) is 10.8. The number of Topliss-reactive ketones (excluding diaryl/α,β-unsaturated/α-hetero) is 1. The van der Waals surface area contributed by atoms with Crippen LogP contribution < -0.4 is 0 Å². The Morgan fingerprint density at radius 1 is 1.04 bits per heavy atom. The van der Waals surface area contributed by atoms with Crippen molar-refractivity contribution in [1.29, 1.82) is 0 Å². The number of hydrogen-bond donors (Lipinski definition) is 0. The highest BCUT2D eigenvalue weighted by Gasteiger charge is 2.24. The number of nitrogens with zero attached hydrogens (tertiary/aromatic N) is 2. The van der Waals surface area contributed by atoms with Crippen LogP contribution in [0.5, 0.6) is 0 Å². The van der Waals surface area contributed by atoms with Gasteiger partial charge in [0.25, 0.3) is 5.91 Å². The van der Waals surface area contributed by atoms with Crippen LogP contribution in [0.15, 0.2) is 41.8 Å². The van der Waals surface area contributed by atoms with E-state index in [1.807, 2.05) is 29.6 Å². The Labute approximate surface area is 144 Å². The third kappa shape index (κ3) is 3.80. The van der Waals surface area contributed by atoms with E-state index < -0.39 is 0 Å². The molecule has 1 saturated heterocycles. The normalized spacial score (nSPS) is 15.6. The highest BCUT2D eigenvalue weighted by Crippen LogP contribution is 2.18. The van der Waals surface area contributed by atoms with Crippen molar-refractivity contribution in [3.05, 3.63) is 57.2 Å². The molecule has 2 aromatic rings. The van der Waals surface area contributed by atoms with Gasteiger partial charge in [0.15, 0.2) is 5.78 Å². The first-order chi connectivity index (χ1) is 11.1. The van der Waals surface area contributed by atoms with Crippen LogP contribution in [0.2, 0.25) is 5.02 Å². The minimum absolute atomic E-state index is 0.0418. The maximum Gasteiger partial charge on any atom is 0.255 e. The van der Waals surface area contributed by atoms with E-state index in [0.29, 0.717) is 43.3 Å². The van der Waals surface area contributed by atoms with Gasteiger partial charge in [-0.2, -0.15) is 0 Å². The average Bonchev–Trinajstić information content (AvgIpc) is 3.10. The molecule has 120 valence electrons. The summed E-state index contributed by atoms with van der Waals surface area (Å²) in [4.78, 5) is 29.3. The summed E-state index contributed by atoms with van der Waals surface area (Å²) in [5, 5.41) is 2.39. The Morgan fingerprint density at radius 3 is 2.43 bits per heavy atom. The zero-order chi connectivity index (χ0) is 16.2. The predicted molar refractivity (Wildman–Crippen MR) is 92.4 cm³/mol. The first-order valence-corrected chi connectivity index (χ1v) is 8.74. The predicted octanol–water partition coefficient (Wildman–Crippen LogP) is 3.04. The SMILES string of the molecule is O=C(CN1CCN(C(=O)c2ccccc2Cl)CC1)c1cccs1. The van der Waals surface area contributed by atoms with Gasteiger partial charge < -0.3 is 4.90 Å². The molecule has 1 fully saturated rings. The maximum atomic E-state index is 12.5. The highest BCUT2D eigenvalue weighted by molar-refractivity contribution is 7.12. The smallest absolute Gasteiger partial charge is 0.255 e. The van der Waals surface area contributed by atoms with Gasteiger partial charge in [-0.1, -0.05) is 29.8 Å². The summed E-state index contributed by atoms with van der Waals surface area (Å²) >= 11 is 7.56. The van der Waals surface area contributed by atoms with Crippen LogP contribution in [0, 0.1) is 0 Å². The molecular formula is C17H17ClN2O2S. The van der Waals surface area contributed by atoms with Crippen LogP contribution in [0.1, 0.15) is 20.0 Å². The number of thiophene rings is 1. The van der Waals surface area contributed by atoms with Crippen LogP contribution in [0.3, 0.4) is 0 Å². The van der Waals surface area contributed by atoms with Crippen molar-refractivity contribution in [3.63, 3.8) is 0 Å². The molecule has 1 amide bonds. The maximum absolute atomic E-state index is 12.5. The van der Waals surface area contributed by atoms with Gasteiger partial charge in [-0.3, -0.25) is 14.5 Å². The summed E-state index contributed by atoms with van der Waals surface area (Å²) in [7, 11) is 0. The van der Waals surface area contributed by atoms with Gasteiger partial charge in [0, 0.05) is 26.2 Å². The molecule has 6 heteroatoms. The fourth-order valence-corrected chi connectivity index (χ4v) is 3.51. The number of ketones is 1. The molecular weight excluding hydrogens is 332 g/mol. The van der Waals surface area contributed by atoms with E-state index in [-0.39, 0.29) is 11.7 Å². The van der Waals surface area contributed by atoms with Crippen molar-refractivity contribution in [2.75, 3.05) is 32.7 Å². The van der Waals surface area contributed by atoms with Gasteiger partial charge >= 0.3 is 0 Å². The lowest BCUT2D eigenvalue weighted by Crippen LogP contribution is -2.49. The Hall–Kier alpha value is -1.69. The fourth-order valence-electron chi connectivity index (χ4n) is 2.63. The molecule has 0 aliphatic carbocycles. The monoisotopic (exact) mass is 348 g/mol. The molecule has 1 aliphatic rings. The number of piperazine rings is 1. The number of halogens is 1. The molecule has 0 spiro atoms. The summed E-state index contributed by atoms with van der Waals surface area (Å²) in [5.74, 6) is 0.103. The topological polar surface area (TPSA) is 40.6 Å². The minimum atomic E-state index is -0.0418. The van der Waals surface area contributed by atoms with Crippen molar-refractivity contribution < 1.29 is 9.59 Å². The van der Waals surface area contributed by atoms with E-state index in [1.165, 1.54) is 11.3 Å². The fraction of sp³-hybridized carbons (Fsp3) is 0.294. The van der Waals surface area contributed by atoms with Crippen molar-refractivity contribution in [2.24, 2.45) is 0 Å². The molecule has 23 heavy (non-hydrogen) atoms. The number of amides is 1. The number of carbonyl (C=O) groups excluding carboxylic acids is 2. The number of hydrogen-bond acceptors (Lipinski definition) is 4. The Morgan fingerprint density at radius 2 is 1.78 bits per heavy atom.